The van der Waals surface area contributed by atoms with E-state index < -0.39 is 23.4 Å². The highest BCUT2D eigenvalue weighted by Gasteiger charge is 2.39. The molecule has 0 radical (unpaired) electrons. The minimum absolute atomic E-state index is 0.00108. The number of amides is 2. The molecule has 10 nitrogen and oxygen atoms in total. The van der Waals surface area contributed by atoms with Crippen molar-refractivity contribution in [2.24, 2.45) is 11.8 Å². The van der Waals surface area contributed by atoms with E-state index in [1.54, 1.807) is 13.0 Å². The van der Waals surface area contributed by atoms with Crippen LogP contribution in [0.3, 0.4) is 0 Å². The minimum Gasteiger partial charge on any atom is -0.393 e. The lowest BCUT2D eigenvalue weighted by Crippen LogP contribution is -2.36. The van der Waals surface area contributed by atoms with Gasteiger partial charge in [-0.15, -0.1) is 10.1 Å². The standard InChI is InChI=1S/C31H46N2O8/c1-2-32(31(38)17-11-6-12-22-41-33(39)40)30(37)16-10-4-3-9-15-26-27(29(36)23-28(26)35)21-20-25(34)19-18-24-13-7-5-8-14-24/h3,5,7-9,13-14,20-21,25-29,34-36H,2,4,6,10-12,15-19,22-23H2,1H3/b9-3-,21-20+/t25-,26+,27+,28-,29+/m0/s1. The Bertz CT molecular complexity index is 984. The van der Waals surface area contributed by atoms with E-state index in [9.17, 15) is 35.0 Å². The van der Waals surface area contributed by atoms with Crippen molar-refractivity contribution in [1.29, 1.82) is 0 Å². The minimum atomic E-state index is -0.837. The predicted molar refractivity (Wildman–Crippen MR) is 155 cm³/mol. The largest absolute Gasteiger partial charge is 0.393 e. The number of rotatable bonds is 19. The maximum absolute atomic E-state index is 12.5. The van der Waals surface area contributed by atoms with Crippen LogP contribution in [0.5, 0.6) is 0 Å². The van der Waals surface area contributed by atoms with Crippen LogP contribution in [-0.2, 0) is 20.8 Å². The molecular formula is C31H46N2O8. The summed E-state index contributed by atoms with van der Waals surface area (Å²) in [6, 6.07) is 9.95. The Labute approximate surface area is 242 Å². The molecule has 1 aliphatic carbocycles. The second-order valence-corrected chi connectivity index (χ2v) is 10.6. The van der Waals surface area contributed by atoms with Gasteiger partial charge in [0.05, 0.1) is 24.9 Å². The zero-order valence-electron chi connectivity index (χ0n) is 24.1. The number of imide groups is 1. The Hall–Kier alpha value is -3.08. The third kappa shape index (κ3) is 13.0. The van der Waals surface area contributed by atoms with Crippen LogP contribution in [0.1, 0.15) is 76.7 Å². The molecule has 41 heavy (non-hydrogen) atoms. The van der Waals surface area contributed by atoms with Crippen LogP contribution in [0.2, 0.25) is 0 Å². The van der Waals surface area contributed by atoms with Gasteiger partial charge in [0.15, 0.2) is 0 Å². The van der Waals surface area contributed by atoms with Gasteiger partial charge in [-0.05, 0) is 63.4 Å². The topological polar surface area (TPSA) is 150 Å². The van der Waals surface area contributed by atoms with E-state index >= 15 is 0 Å². The first-order chi connectivity index (χ1) is 19.7. The Kier molecular flexibility index (Phi) is 15.9. The van der Waals surface area contributed by atoms with Gasteiger partial charge in [-0.3, -0.25) is 14.5 Å². The fourth-order valence-corrected chi connectivity index (χ4v) is 5.22. The maximum Gasteiger partial charge on any atom is 0.294 e. The molecule has 0 aromatic heterocycles. The first kappa shape index (κ1) is 34.1. The van der Waals surface area contributed by atoms with Gasteiger partial charge in [-0.1, -0.05) is 61.1 Å². The van der Waals surface area contributed by atoms with Gasteiger partial charge >= 0.3 is 0 Å². The Morgan fingerprint density at radius 2 is 1.78 bits per heavy atom. The maximum atomic E-state index is 12.5. The normalized spacial score (nSPS) is 21.4. The van der Waals surface area contributed by atoms with Crippen molar-refractivity contribution in [1.82, 2.24) is 4.90 Å². The quantitative estimate of drug-likeness (QED) is 0.0965. The molecule has 0 unspecified atom stereocenters. The molecule has 1 aliphatic rings. The number of hydrogen-bond acceptors (Lipinski definition) is 8. The van der Waals surface area contributed by atoms with Crippen molar-refractivity contribution >= 4 is 11.8 Å². The molecule has 3 N–H and O–H groups in total. The molecule has 0 heterocycles. The third-order valence-electron chi connectivity index (χ3n) is 7.53. The zero-order valence-corrected chi connectivity index (χ0v) is 24.1. The molecule has 1 aromatic rings. The number of carbonyl (C=O) groups excluding carboxylic acids is 2. The fourth-order valence-electron chi connectivity index (χ4n) is 5.22. The van der Waals surface area contributed by atoms with Crippen molar-refractivity contribution in [2.75, 3.05) is 13.2 Å². The monoisotopic (exact) mass is 574 g/mol. The molecule has 2 rings (SSSR count). The summed E-state index contributed by atoms with van der Waals surface area (Å²) in [4.78, 5) is 40.6. The number of aliphatic hydroxyl groups is 3. The Morgan fingerprint density at radius 1 is 1.07 bits per heavy atom. The second kappa shape index (κ2) is 19.1. The number of carbonyl (C=O) groups is 2. The van der Waals surface area contributed by atoms with Crippen LogP contribution < -0.4 is 0 Å². The van der Waals surface area contributed by atoms with Crippen LogP contribution in [-0.4, -0.2) is 68.6 Å². The highest BCUT2D eigenvalue weighted by Crippen LogP contribution is 2.36. The summed E-state index contributed by atoms with van der Waals surface area (Å²) < 4.78 is 0. The summed E-state index contributed by atoms with van der Waals surface area (Å²) in [6.07, 6.45) is 11.1. The van der Waals surface area contributed by atoms with Crippen molar-refractivity contribution in [3.05, 3.63) is 70.3 Å². The van der Waals surface area contributed by atoms with E-state index in [2.05, 4.69) is 4.84 Å². The average molecular weight is 575 g/mol. The van der Waals surface area contributed by atoms with Crippen LogP contribution in [0.25, 0.3) is 0 Å². The van der Waals surface area contributed by atoms with Gasteiger partial charge in [0.2, 0.25) is 11.8 Å². The molecule has 0 spiro atoms. The SMILES string of the molecule is CCN(C(=O)CCC/C=C\C[C@@H]1[C@@H](/C=C/[C@@H](O)CCc2ccccc2)[C@H](O)C[C@@H]1O)C(=O)CCCCCO[N+](=O)[O-]. The van der Waals surface area contributed by atoms with Crippen LogP contribution in [0.15, 0.2) is 54.6 Å². The number of benzene rings is 1. The summed E-state index contributed by atoms with van der Waals surface area (Å²) in [7, 11) is 0. The summed E-state index contributed by atoms with van der Waals surface area (Å²) in [5.41, 5.74) is 1.16. The first-order valence-electron chi connectivity index (χ1n) is 14.7. The van der Waals surface area contributed by atoms with Gasteiger partial charge in [0.25, 0.3) is 5.09 Å². The molecule has 5 atom stereocenters. The summed E-state index contributed by atoms with van der Waals surface area (Å²) >= 11 is 0. The van der Waals surface area contributed by atoms with E-state index in [4.69, 9.17) is 0 Å². The van der Waals surface area contributed by atoms with Crippen molar-refractivity contribution in [3.63, 3.8) is 0 Å². The second-order valence-electron chi connectivity index (χ2n) is 10.6. The lowest BCUT2D eigenvalue weighted by Gasteiger charge is -2.20. The summed E-state index contributed by atoms with van der Waals surface area (Å²) in [6.45, 7) is 2.06. The average Bonchev–Trinajstić information content (AvgIpc) is 3.22. The van der Waals surface area contributed by atoms with E-state index in [0.717, 1.165) is 12.0 Å². The van der Waals surface area contributed by atoms with E-state index in [1.165, 1.54) is 4.90 Å². The van der Waals surface area contributed by atoms with Gasteiger partial charge < -0.3 is 20.2 Å². The molecule has 0 saturated heterocycles. The lowest BCUT2D eigenvalue weighted by molar-refractivity contribution is -0.757. The molecule has 0 bridgehead atoms. The predicted octanol–water partition coefficient (Wildman–Crippen LogP) is 4.15. The smallest absolute Gasteiger partial charge is 0.294 e. The van der Waals surface area contributed by atoms with Crippen molar-refractivity contribution in [2.45, 2.75) is 95.9 Å². The summed E-state index contributed by atoms with van der Waals surface area (Å²) in [5.74, 6) is -0.846. The molecule has 1 aromatic carbocycles. The number of aliphatic hydroxyl groups excluding tert-OH is 3. The number of hydrogen-bond donors (Lipinski definition) is 3. The third-order valence-corrected chi connectivity index (χ3v) is 7.53. The van der Waals surface area contributed by atoms with Gasteiger partial charge in [0.1, 0.15) is 0 Å². The molecule has 228 valence electrons. The van der Waals surface area contributed by atoms with Crippen LogP contribution in [0, 0.1) is 22.0 Å². The van der Waals surface area contributed by atoms with E-state index in [-0.39, 0.29) is 43.1 Å². The number of allylic oxidation sites excluding steroid dienone is 2. The van der Waals surface area contributed by atoms with Gasteiger partial charge in [0, 0.05) is 31.7 Å². The van der Waals surface area contributed by atoms with Crippen molar-refractivity contribution in [3.8, 4) is 0 Å². The summed E-state index contributed by atoms with van der Waals surface area (Å²) in [5, 5.41) is 40.6. The number of nitrogens with zero attached hydrogens (tertiary/aromatic N) is 2. The fraction of sp³-hybridized carbons (Fsp3) is 0.613. The highest BCUT2D eigenvalue weighted by atomic mass is 16.9. The highest BCUT2D eigenvalue weighted by molar-refractivity contribution is 5.95. The number of unbranched alkanes of at least 4 members (excludes halogenated alkanes) is 3. The van der Waals surface area contributed by atoms with Crippen LogP contribution in [0.4, 0.5) is 0 Å². The molecule has 1 fully saturated rings. The van der Waals surface area contributed by atoms with Crippen LogP contribution >= 0.6 is 0 Å². The van der Waals surface area contributed by atoms with Gasteiger partial charge in [-0.2, -0.15) is 0 Å². The first-order valence-corrected chi connectivity index (χ1v) is 14.7. The molecule has 1 saturated carbocycles. The van der Waals surface area contributed by atoms with E-state index in [0.29, 0.717) is 57.9 Å². The van der Waals surface area contributed by atoms with E-state index in [1.807, 2.05) is 48.6 Å². The Balaban J connectivity index is 1.70. The van der Waals surface area contributed by atoms with Gasteiger partial charge in [-0.25, -0.2) is 0 Å². The molecule has 0 aliphatic heterocycles. The van der Waals surface area contributed by atoms with Crippen molar-refractivity contribution < 1.29 is 34.8 Å². The molecule has 2 amide bonds. The Morgan fingerprint density at radius 3 is 2.46 bits per heavy atom. The molecular weight excluding hydrogens is 528 g/mol. The zero-order chi connectivity index (χ0) is 30.0. The molecule has 10 heteroatoms. The number of aryl methyl sites for hydroxylation is 1. The lowest BCUT2D eigenvalue weighted by atomic mass is 9.89.